The van der Waals surface area contributed by atoms with Crippen molar-refractivity contribution in [3.05, 3.63) is 75.8 Å². The molecule has 0 aliphatic carbocycles. The predicted molar refractivity (Wildman–Crippen MR) is 119 cm³/mol. The molecule has 0 atom stereocenters. The highest BCUT2D eigenvalue weighted by Crippen LogP contribution is 2.24. The third-order valence-electron chi connectivity index (χ3n) is 4.69. The first-order valence-corrected chi connectivity index (χ1v) is 10.4. The van der Waals surface area contributed by atoms with Gasteiger partial charge in [0, 0.05) is 24.1 Å². The molecule has 3 aromatic rings. The lowest BCUT2D eigenvalue weighted by molar-refractivity contribution is -0.116. The van der Waals surface area contributed by atoms with Gasteiger partial charge in [-0.1, -0.05) is 41.7 Å². The molecule has 0 unspecified atom stereocenters. The molecule has 0 bridgehead atoms. The van der Waals surface area contributed by atoms with E-state index in [-0.39, 0.29) is 30.4 Å². The summed E-state index contributed by atoms with van der Waals surface area (Å²) >= 11 is 1.11. The van der Waals surface area contributed by atoms with E-state index >= 15 is 0 Å². The number of rotatable bonds is 7. The molecule has 1 aromatic heterocycles. The van der Waals surface area contributed by atoms with Gasteiger partial charge in [-0.25, -0.2) is 4.98 Å². The fraction of sp³-hybridized carbons (Fsp3) is 0.217. The summed E-state index contributed by atoms with van der Waals surface area (Å²) in [4.78, 5) is 41.7. The lowest BCUT2D eigenvalue weighted by Gasteiger charge is -2.05. The van der Waals surface area contributed by atoms with E-state index in [0.717, 1.165) is 22.5 Å². The number of hydrogen-bond acceptors (Lipinski definition) is 5. The number of aromatic nitrogens is 1. The topological polar surface area (TPSA) is 88.2 Å². The van der Waals surface area contributed by atoms with Crippen LogP contribution >= 0.6 is 11.3 Å². The quantitative estimate of drug-likeness (QED) is 0.530. The Balaban J connectivity index is 1.56. The van der Waals surface area contributed by atoms with Gasteiger partial charge >= 0.3 is 0 Å². The van der Waals surface area contributed by atoms with E-state index in [9.17, 15) is 14.4 Å². The fourth-order valence-electron chi connectivity index (χ4n) is 2.84. The number of aryl methyl sites for hydroxylation is 3. The minimum atomic E-state index is -0.309. The van der Waals surface area contributed by atoms with E-state index in [0.29, 0.717) is 27.0 Å². The summed E-state index contributed by atoms with van der Waals surface area (Å²) in [6.45, 7) is 5.66. The van der Waals surface area contributed by atoms with Gasteiger partial charge in [0.2, 0.25) is 5.91 Å². The zero-order valence-corrected chi connectivity index (χ0v) is 17.9. The van der Waals surface area contributed by atoms with Crippen LogP contribution in [0.1, 0.15) is 49.7 Å². The number of Topliss-reactive ketones (excluding diaryl/α,β-unsaturated/α-hetero) is 1. The molecule has 2 aromatic carbocycles. The number of benzene rings is 2. The number of amides is 2. The van der Waals surface area contributed by atoms with Crippen LogP contribution in [0.5, 0.6) is 0 Å². The van der Waals surface area contributed by atoms with E-state index < -0.39 is 0 Å². The van der Waals surface area contributed by atoms with Gasteiger partial charge < -0.3 is 10.6 Å². The molecular weight excluding hydrogens is 398 g/mol. The third kappa shape index (κ3) is 5.39. The van der Waals surface area contributed by atoms with Crippen molar-refractivity contribution in [2.45, 2.75) is 33.6 Å². The molecule has 30 heavy (non-hydrogen) atoms. The van der Waals surface area contributed by atoms with E-state index in [1.807, 2.05) is 44.2 Å². The van der Waals surface area contributed by atoms with Crippen LogP contribution in [0.2, 0.25) is 0 Å². The fourth-order valence-corrected chi connectivity index (χ4v) is 3.72. The van der Waals surface area contributed by atoms with Gasteiger partial charge in [0.25, 0.3) is 5.91 Å². The van der Waals surface area contributed by atoms with Gasteiger partial charge in [-0.3, -0.25) is 14.4 Å². The largest absolute Gasteiger partial charge is 0.321 e. The van der Waals surface area contributed by atoms with Crippen molar-refractivity contribution in [2.24, 2.45) is 0 Å². The summed E-state index contributed by atoms with van der Waals surface area (Å²) in [5, 5.41) is 5.83. The van der Waals surface area contributed by atoms with Crippen LogP contribution in [-0.4, -0.2) is 22.6 Å². The number of para-hydroxylation sites is 1. The maximum atomic E-state index is 12.5. The van der Waals surface area contributed by atoms with Gasteiger partial charge in [0.1, 0.15) is 4.88 Å². The Morgan fingerprint density at radius 1 is 0.900 bits per heavy atom. The first-order valence-electron chi connectivity index (χ1n) is 9.57. The number of carbonyl (C=O) groups is 3. The van der Waals surface area contributed by atoms with E-state index in [4.69, 9.17) is 0 Å². The van der Waals surface area contributed by atoms with E-state index in [2.05, 4.69) is 15.6 Å². The second-order valence-corrected chi connectivity index (χ2v) is 8.02. The Morgan fingerprint density at radius 3 is 2.33 bits per heavy atom. The van der Waals surface area contributed by atoms with Crippen molar-refractivity contribution >= 4 is 39.8 Å². The first kappa shape index (κ1) is 21.4. The molecule has 2 N–H and O–H groups in total. The maximum absolute atomic E-state index is 12.5. The van der Waals surface area contributed by atoms with Crippen molar-refractivity contribution in [3.63, 3.8) is 0 Å². The monoisotopic (exact) mass is 421 g/mol. The number of hydrogen-bond donors (Lipinski definition) is 2. The summed E-state index contributed by atoms with van der Waals surface area (Å²) in [6.07, 6.45) is 0.163. The minimum absolute atomic E-state index is 0.0515. The van der Waals surface area contributed by atoms with Crippen LogP contribution < -0.4 is 10.6 Å². The zero-order chi connectivity index (χ0) is 21.7. The molecule has 0 saturated heterocycles. The smallest absolute Gasteiger partial charge is 0.267 e. The second kappa shape index (κ2) is 9.45. The van der Waals surface area contributed by atoms with Crippen molar-refractivity contribution in [1.82, 2.24) is 4.98 Å². The van der Waals surface area contributed by atoms with Crippen LogP contribution in [0.15, 0.2) is 48.5 Å². The molecule has 6 nitrogen and oxygen atoms in total. The molecular formula is C23H23N3O3S. The molecule has 0 radical (unpaired) electrons. The highest BCUT2D eigenvalue weighted by Gasteiger charge is 2.17. The normalized spacial score (nSPS) is 10.5. The Hall–Kier alpha value is -3.32. The van der Waals surface area contributed by atoms with Crippen LogP contribution in [0, 0.1) is 20.8 Å². The molecule has 1 heterocycles. The molecule has 0 spiro atoms. The van der Waals surface area contributed by atoms with Crippen LogP contribution in [0.4, 0.5) is 10.8 Å². The Morgan fingerprint density at radius 2 is 1.63 bits per heavy atom. The van der Waals surface area contributed by atoms with Crippen molar-refractivity contribution in [1.29, 1.82) is 0 Å². The SMILES string of the molecule is Cc1ccc(C(=O)CCC(=O)Nc2nc(C)c(C(=O)Nc3ccccc3)s2)cc1C. The van der Waals surface area contributed by atoms with E-state index in [1.165, 1.54) is 0 Å². The number of thiazole rings is 1. The van der Waals surface area contributed by atoms with Crippen LogP contribution in [0.3, 0.4) is 0 Å². The maximum Gasteiger partial charge on any atom is 0.267 e. The van der Waals surface area contributed by atoms with Crippen molar-refractivity contribution in [3.8, 4) is 0 Å². The Labute approximate surface area is 179 Å². The van der Waals surface area contributed by atoms with Gasteiger partial charge in [-0.2, -0.15) is 0 Å². The summed E-state index contributed by atoms with van der Waals surface area (Å²) in [5.74, 6) is -0.663. The average Bonchev–Trinajstić information content (AvgIpc) is 3.09. The molecule has 0 fully saturated rings. The van der Waals surface area contributed by atoms with Gasteiger partial charge in [0.05, 0.1) is 5.69 Å². The van der Waals surface area contributed by atoms with Crippen molar-refractivity contribution in [2.75, 3.05) is 10.6 Å². The molecule has 7 heteroatoms. The number of nitrogens with zero attached hydrogens (tertiary/aromatic N) is 1. The molecule has 0 aliphatic rings. The summed E-state index contributed by atoms with van der Waals surface area (Å²) in [5.41, 5.74) is 4.00. The molecule has 0 aliphatic heterocycles. The average molecular weight is 422 g/mol. The van der Waals surface area contributed by atoms with Crippen LogP contribution in [-0.2, 0) is 4.79 Å². The highest BCUT2D eigenvalue weighted by atomic mass is 32.1. The number of carbonyl (C=O) groups excluding carboxylic acids is 3. The number of anilines is 2. The van der Waals surface area contributed by atoms with Gasteiger partial charge in [0.15, 0.2) is 10.9 Å². The molecule has 3 rings (SSSR count). The first-order chi connectivity index (χ1) is 14.3. The summed E-state index contributed by atoms with van der Waals surface area (Å²) < 4.78 is 0. The lowest BCUT2D eigenvalue weighted by Crippen LogP contribution is -2.13. The summed E-state index contributed by atoms with van der Waals surface area (Å²) in [6, 6.07) is 14.7. The van der Waals surface area contributed by atoms with Gasteiger partial charge in [-0.15, -0.1) is 0 Å². The van der Waals surface area contributed by atoms with Crippen molar-refractivity contribution < 1.29 is 14.4 Å². The lowest BCUT2D eigenvalue weighted by atomic mass is 10.0. The molecule has 154 valence electrons. The van der Waals surface area contributed by atoms with E-state index in [1.54, 1.807) is 25.1 Å². The molecule has 0 saturated carbocycles. The number of nitrogens with one attached hydrogen (secondary N) is 2. The van der Waals surface area contributed by atoms with Gasteiger partial charge in [-0.05, 0) is 50.1 Å². The zero-order valence-electron chi connectivity index (χ0n) is 17.1. The minimum Gasteiger partial charge on any atom is -0.321 e. The standard InChI is InChI=1S/C23H23N3O3S/c1-14-9-10-17(13-15(14)2)19(27)11-12-20(28)26-23-24-16(3)21(30-23)22(29)25-18-7-5-4-6-8-18/h4-10,13H,11-12H2,1-3H3,(H,25,29)(H,24,26,28). The molecule has 2 amide bonds. The second-order valence-electron chi connectivity index (χ2n) is 7.02. The van der Waals surface area contributed by atoms with Crippen LogP contribution in [0.25, 0.3) is 0 Å². The highest BCUT2D eigenvalue weighted by molar-refractivity contribution is 7.17. The summed E-state index contributed by atoms with van der Waals surface area (Å²) in [7, 11) is 0. The Kier molecular flexibility index (Phi) is 6.74. The predicted octanol–water partition coefficient (Wildman–Crippen LogP) is 4.92. The third-order valence-corrected chi connectivity index (χ3v) is 5.76. The number of ketones is 1. The Bertz CT molecular complexity index is 1090.